The average Bonchev–Trinajstić information content (AvgIpc) is 3.08. The predicted molar refractivity (Wildman–Crippen MR) is 95.4 cm³/mol. The van der Waals surface area contributed by atoms with E-state index in [9.17, 15) is 9.18 Å². The van der Waals surface area contributed by atoms with Crippen molar-refractivity contribution in [1.29, 1.82) is 0 Å². The van der Waals surface area contributed by atoms with Crippen molar-refractivity contribution in [3.63, 3.8) is 0 Å². The Bertz CT molecular complexity index is 934. The number of fused-ring (bicyclic) bond motifs is 1. The van der Waals surface area contributed by atoms with Gasteiger partial charge in [-0.15, -0.1) is 0 Å². The molecule has 1 aromatic heterocycles. The molecule has 1 unspecified atom stereocenters. The van der Waals surface area contributed by atoms with Crippen LogP contribution in [0.1, 0.15) is 17.4 Å². The topological polar surface area (TPSA) is 57.0 Å². The zero-order chi connectivity index (χ0) is 17.9. The van der Waals surface area contributed by atoms with E-state index in [4.69, 9.17) is 0 Å². The molecule has 2 aliphatic rings. The lowest BCUT2D eigenvalue weighted by atomic mass is 10.1. The maximum Gasteiger partial charge on any atom is 0.312 e. The molecule has 3 N–H and O–H groups in total. The third-order valence-corrected chi connectivity index (χ3v) is 4.37. The second kappa shape index (κ2) is 6.84. The molecule has 2 aromatic rings. The molecule has 0 spiro atoms. The minimum atomic E-state index is -0.586. The van der Waals surface area contributed by atoms with Crippen LogP contribution < -0.4 is 20.5 Å². The first-order valence-electron chi connectivity index (χ1n) is 8.35. The SMILES string of the molecule is O=C(NCc1ccccc1F)C1NC(=C2C=CNC=C2)c2cccc[n+]21. The van der Waals surface area contributed by atoms with E-state index in [0.717, 1.165) is 17.0 Å². The van der Waals surface area contributed by atoms with Crippen LogP contribution in [0.5, 0.6) is 0 Å². The number of hydrogen-bond acceptors (Lipinski definition) is 3. The third-order valence-electron chi connectivity index (χ3n) is 4.37. The van der Waals surface area contributed by atoms with Gasteiger partial charge in [0.15, 0.2) is 6.20 Å². The van der Waals surface area contributed by atoms with Gasteiger partial charge in [0.25, 0.3) is 0 Å². The molecule has 0 saturated heterocycles. The normalized spacial score (nSPS) is 17.5. The summed E-state index contributed by atoms with van der Waals surface area (Å²) in [5.74, 6) is -0.545. The molecule has 0 aliphatic carbocycles. The number of allylic oxidation sites excluding steroid dienone is 3. The molecule has 1 atom stereocenters. The van der Waals surface area contributed by atoms with Crippen LogP contribution in [0.25, 0.3) is 5.70 Å². The van der Waals surface area contributed by atoms with Gasteiger partial charge in [0.2, 0.25) is 5.69 Å². The van der Waals surface area contributed by atoms with Crippen molar-refractivity contribution in [2.45, 2.75) is 12.7 Å². The highest BCUT2D eigenvalue weighted by Crippen LogP contribution is 2.23. The van der Waals surface area contributed by atoms with Crippen LogP contribution in [0.2, 0.25) is 0 Å². The van der Waals surface area contributed by atoms with Crippen LogP contribution in [0.15, 0.2) is 78.8 Å². The van der Waals surface area contributed by atoms with E-state index in [0.29, 0.717) is 5.56 Å². The Morgan fingerprint density at radius 3 is 2.69 bits per heavy atom. The molecule has 0 fully saturated rings. The minimum absolute atomic E-state index is 0.141. The minimum Gasteiger partial charge on any atom is -0.368 e. The standard InChI is InChI=1S/C20H17FN4O/c21-16-6-2-1-5-15(16)13-23-20(26)19-24-18(14-8-10-22-11-9-14)17-7-3-4-12-25(17)19/h1-12,19,24H,13H2,(H,23,26)/p+1. The van der Waals surface area contributed by atoms with Gasteiger partial charge in [-0.3, -0.25) is 4.79 Å². The van der Waals surface area contributed by atoms with E-state index >= 15 is 0 Å². The maximum atomic E-state index is 13.8. The first-order chi connectivity index (χ1) is 12.7. The summed E-state index contributed by atoms with van der Waals surface area (Å²) in [6, 6.07) is 12.2. The van der Waals surface area contributed by atoms with Crippen LogP contribution >= 0.6 is 0 Å². The van der Waals surface area contributed by atoms with E-state index in [2.05, 4.69) is 16.0 Å². The lowest BCUT2D eigenvalue weighted by Gasteiger charge is -2.10. The number of rotatable bonds is 3. The molecule has 26 heavy (non-hydrogen) atoms. The lowest BCUT2D eigenvalue weighted by Crippen LogP contribution is -2.50. The van der Waals surface area contributed by atoms with Gasteiger partial charge in [-0.25, -0.2) is 4.39 Å². The Hall–Kier alpha value is -3.41. The van der Waals surface area contributed by atoms with Crippen LogP contribution in [-0.2, 0) is 11.3 Å². The van der Waals surface area contributed by atoms with Gasteiger partial charge < -0.3 is 16.0 Å². The summed E-state index contributed by atoms with van der Waals surface area (Å²) >= 11 is 0. The Kier molecular flexibility index (Phi) is 4.23. The summed E-state index contributed by atoms with van der Waals surface area (Å²) < 4.78 is 15.6. The molecule has 1 aromatic carbocycles. The molecule has 0 saturated carbocycles. The Morgan fingerprint density at radius 1 is 1.12 bits per heavy atom. The molecule has 3 heterocycles. The van der Waals surface area contributed by atoms with E-state index in [1.807, 2.05) is 53.5 Å². The molecular weight excluding hydrogens is 331 g/mol. The van der Waals surface area contributed by atoms with Gasteiger partial charge >= 0.3 is 12.1 Å². The fourth-order valence-electron chi connectivity index (χ4n) is 3.07. The molecule has 130 valence electrons. The number of amides is 1. The fraction of sp³-hybridized carbons (Fsp3) is 0.100. The molecular formula is C20H18FN4O+. The molecule has 6 heteroatoms. The van der Waals surface area contributed by atoms with Crippen LogP contribution in [0, 0.1) is 5.82 Å². The van der Waals surface area contributed by atoms with Crippen molar-refractivity contribution in [3.8, 4) is 0 Å². The van der Waals surface area contributed by atoms with Crippen molar-refractivity contribution < 1.29 is 13.8 Å². The summed E-state index contributed by atoms with van der Waals surface area (Å²) in [6.45, 7) is 0.141. The zero-order valence-electron chi connectivity index (χ0n) is 13.9. The summed E-state index contributed by atoms with van der Waals surface area (Å²) in [5, 5.41) is 9.09. The number of nitrogens with one attached hydrogen (secondary N) is 3. The Balaban J connectivity index is 1.58. The monoisotopic (exact) mass is 349 g/mol. The largest absolute Gasteiger partial charge is 0.368 e. The first kappa shape index (κ1) is 16.1. The van der Waals surface area contributed by atoms with Gasteiger partial charge in [-0.05, 0) is 24.3 Å². The van der Waals surface area contributed by atoms with E-state index in [1.165, 1.54) is 6.07 Å². The summed E-state index contributed by atoms with van der Waals surface area (Å²) in [5.41, 5.74) is 3.24. The summed E-state index contributed by atoms with van der Waals surface area (Å²) in [7, 11) is 0. The number of hydrogen-bond donors (Lipinski definition) is 3. The number of carbonyl (C=O) groups is 1. The van der Waals surface area contributed by atoms with Gasteiger partial charge in [0, 0.05) is 42.2 Å². The predicted octanol–water partition coefficient (Wildman–Crippen LogP) is 1.87. The third kappa shape index (κ3) is 2.97. The van der Waals surface area contributed by atoms with Gasteiger partial charge in [0.05, 0.1) is 0 Å². The van der Waals surface area contributed by atoms with Crippen molar-refractivity contribution in [2.24, 2.45) is 0 Å². The molecule has 2 aliphatic heterocycles. The number of dihydropyridines is 1. The van der Waals surface area contributed by atoms with Crippen molar-refractivity contribution >= 4 is 11.6 Å². The molecule has 0 radical (unpaired) electrons. The second-order valence-corrected chi connectivity index (χ2v) is 6.01. The Morgan fingerprint density at radius 2 is 1.88 bits per heavy atom. The molecule has 1 amide bonds. The summed E-state index contributed by atoms with van der Waals surface area (Å²) in [4.78, 5) is 12.7. The molecule has 5 nitrogen and oxygen atoms in total. The smallest absolute Gasteiger partial charge is 0.312 e. The van der Waals surface area contributed by atoms with Crippen LogP contribution in [0.3, 0.4) is 0 Å². The number of pyridine rings is 1. The Labute approximate surface area is 150 Å². The number of carbonyl (C=O) groups excluding carboxylic acids is 1. The van der Waals surface area contributed by atoms with E-state index in [1.54, 1.807) is 18.2 Å². The highest BCUT2D eigenvalue weighted by atomic mass is 19.1. The van der Waals surface area contributed by atoms with E-state index in [-0.39, 0.29) is 18.3 Å². The van der Waals surface area contributed by atoms with Gasteiger partial charge in [-0.2, -0.15) is 4.57 Å². The van der Waals surface area contributed by atoms with Crippen molar-refractivity contribution in [2.75, 3.05) is 0 Å². The fourth-order valence-corrected chi connectivity index (χ4v) is 3.07. The zero-order valence-corrected chi connectivity index (χ0v) is 13.9. The number of nitrogens with zero attached hydrogens (tertiary/aromatic N) is 1. The number of halogens is 1. The highest BCUT2D eigenvalue weighted by Gasteiger charge is 2.39. The lowest BCUT2D eigenvalue weighted by molar-refractivity contribution is -0.705. The van der Waals surface area contributed by atoms with Crippen molar-refractivity contribution in [1.82, 2.24) is 16.0 Å². The van der Waals surface area contributed by atoms with Crippen molar-refractivity contribution in [3.05, 3.63) is 95.9 Å². The first-order valence-corrected chi connectivity index (χ1v) is 8.35. The molecule has 4 rings (SSSR count). The van der Waals surface area contributed by atoms with Gasteiger partial charge in [-0.1, -0.05) is 18.2 Å². The quantitative estimate of drug-likeness (QED) is 0.742. The average molecular weight is 349 g/mol. The van der Waals surface area contributed by atoms with Gasteiger partial charge in [0.1, 0.15) is 11.5 Å². The number of aromatic nitrogens is 1. The highest BCUT2D eigenvalue weighted by molar-refractivity contribution is 5.82. The summed E-state index contributed by atoms with van der Waals surface area (Å²) in [6.07, 6.45) is 8.83. The second-order valence-electron chi connectivity index (χ2n) is 6.01. The number of benzene rings is 1. The maximum absolute atomic E-state index is 13.8. The van der Waals surface area contributed by atoms with Crippen LogP contribution in [-0.4, -0.2) is 5.91 Å². The molecule has 0 bridgehead atoms. The van der Waals surface area contributed by atoms with E-state index < -0.39 is 6.17 Å². The van der Waals surface area contributed by atoms with Crippen LogP contribution in [0.4, 0.5) is 4.39 Å².